The number of benzene rings is 9. The Balaban J connectivity index is 1.11. The molecule has 0 unspecified atom stereocenters. The zero-order valence-electron chi connectivity index (χ0n) is 30.5. The van der Waals surface area contributed by atoms with Gasteiger partial charge in [0.25, 0.3) is 0 Å². The van der Waals surface area contributed by atoms with Gasteiger partial charge in [-0.15, -0.1) is 0 Å². The molecule has 10 rings (SSSR count). The van der Waals surface area contributed by atoms with Gasteiger partial charge in [0.15, 0.2) is 0 Å². The second kappa shape index (κ2) is 12.8. The SMILES string of the molecule is CC1(C)c2c(-c3ccc(N(c4ccc(-c5ccccc5)cc4)c4ccc5ccccc5c4)cc3)cccc2-c2c(-c3ccccc3)ccc3cccc1c23. The van der Waals surface area contributed by atoms with Crippen LogP contribution in [0.4, 0.5) is 17.1 Å². The molecular weight excluding hydrogens is 651 g/mol. The van der Waals surface area contributed by atoms with E-state index in [0.717, 1.165) is 17.1 Å². The first-order chi connectivity index (χ1) is 26.5. The first kappa shape index (κ1) is 32.0. The van der Waals surface area contributed by atoms with Gasteiger partial charge >= 0.3 is 0 Å². The Morgan fingerprint density at radius 3 is 1.59 bits per heavy atom. The predicted molar refractivity (Wildman–Crippen MR) is 230 cm³/mol. The van der Waals surface area contributed by atoms with Crippen molar-refractivity contribution in [1.82, 2.24) is 0 Å². The molecule has 0 saturated carbocycles. The van der Waals surface area contributed by atoms with Crippen molar-refractivity contribution in [2.24, 2.45) is 0 Å². The summed E-state index contributed by atoms with van der Waals surface area (Å²) in [6.07, 6.45) is 0. The fourth-order valence-electron chi connectivity index (χ4n) is 8.83. The van der Waals surface area contributed by atoms with Crippen LogP contribution in [0.15, 0.2) is 200 Å². The Morgan fingerprint density at radius 2 is 0.870 bits per heavy atom. The van der Waals surface area contributed by atoms with Crippen LogP contribution in [-0.2, 0) is 5.41 Å². The minimum Gasteiger partial charge on any atom is -0.310 e. The average molecular weight is 690 g/mol. The van der Waals surface area contributed by atoms with Crippen molar-refractivity contribution in [3.8, 4) is 44.5 Å². The smallest absolute Gasteiger partial charge is 0.0468 e. The normalized spacial score (nSPS) is 12.8. The van der Waals surface area contributed by atoms with Crippen molar-refractivity contribution in [3.05, 3.63) is 211 Å². The molecule has 1 aliphatic rings. The molecule has 256 valence electrons. The molecule has 9 aromatic rings. The molecule has 0 spiro atoms. The summed E-state index contributed by atoms with van der Waals surface area (Å²) in [4.78, 5) is 2.37. The largest absolute Gasteiger partial charge is 0.310 e. The number of nitrogens with zero attached hydrogens (tertiary/aromatic N) is 1. The first-order valence-electron chi connectivity index (χ1n) is 18.8. The van der Waals surface area contributed by atoms with Crippen molar-refractivity contribution in [1.29, 1.82) is 0 Å². The molecule has 1 nitrogen and oxygen atoms in total. The highest BCUT2D eigenvalue weighted by molar-refractivity contribution is 6.10. The van der Waals surface area contributed by atoms with E-state index in [0.29, 0.717) is 0 Å². The van der Waals surface area contributed by atoms with Crippen LogP contribution in [0.2, 0.25) is 0 Å². The monoisotopic (exact) mass is 689 g/mol. The van der Waals surface area contributed by atoms with Crippen LogP contribution in [0.5, 0.6) is 0 Å². The van der Waals surface area contributed by atoms with Crippen LogP contribution >= 0.6 is 0 Å². The standard InChI is InChI=1S/C53H39N/c1-53(2)49-22-11-19-41-28-34-46(39-16-7-4-8-17-39)51(50(41)49)48-21-12-20-47(52(48)53)40-26-31-44(32-27-40)54(45-33-25-37-15-9-10-18-42(37)35-45)43-29-23-38(24-30-43)36-13-5-3-6-14-36/h3-35H,1-2H3. The summed E-state index contributed by atoms with van der Waals surface area (Å²) in [5, 5.41) is 5.12. The summed E-state index contributed by atoms with van der Waals surface area (Å²) < 4.78 is 0. The van der Waals surface area contributed by atoms with Crippen molar-refractivity contribution in [2.75, 3.05) is 4.90 Å². The Bertz CT molecular complexity index is 2810. The van der Waals surface area contributed by atoms with Gasteiger partial charge in [0.1, 0.15) is 0 Å². The van der Waals surface area contributed by atoms with Gasteiger partial charge in [-0.25, -0.2) is 0 Å². The zero-order chi connectivity index (χ0) is 36.2. The maximum atomic E-state index is 2.40. The molecule has 1 aliphatic carbocycles. The number of anilines is 3. The molecule has 54 heavy (non-hydrogen) atoms. The van der Waals surface area contributed by atoms with E-state index in [1.807, 2.05) is 0 Å². The number of hydrogen-bond donors (Lipinski definition) is 0. The number of hydrogen-bond acceptors (Lipinski definition) is 1. The Morgan fingerprint density at radius 1 is 0.352 bits per heavy atom. The molecule has 0 saturated heterocycles. The highest BCUT2D eigenvalue weighted by Gasteiger charge is 2.36. The van der Waals surface area contributed by atoms with Gasteiger partial charge < -0.3 is 4.90 Å². The highest BCUT2D eigenvalue weighted by Crippen LogP contribution is 2.54. The molecule has 0 radical (unpaired) electrons. The van der Waals surface area contributed by atoms with Crippen LogP contribution in [0.25, 0.3) is 66.1 Å². The number of rotatable bonds is 6. The minimum absolute atomic E-state index is 0.204. The summed E-state index contributed by atoms with van der Waals surface area (Å²) >= 11 is 0. The number of fused-ring (bicyclic) bond motifs is 3. The zero-order valence-corrected chi connectivity index (χ0v) is 30.5. The topological polar surface area (TPSA) is 3.24 Å². The molecule has 0 atom stereocenters. The lowest BCUT2D eigenvalue weighted by atomic mass is 9.65. The fraction of sp³-hybridized carbons (Fsp3) is 0.0566. The third kappa shape index (κ3) is 5.24. The minimum atomic E-state index is -0.204. The Labute approximate surface area is 317 Å². The summed E-state index contributed by atoms with van der Waals surface area (Å²) in [5.74, 6) is 0. The second-order valence-corrected chi connectivity index (χ2v) is 14.9. The van der Waals surface area contributed by atoms with Gasteiger partial charge in [-0.2, -0.15) is 0 Å². The van der Waals surface area contributed by atoms with E-state index in [1.165, 1.54) is 77.2 Å². The third-order valence-electron chi connectivity index (χ3n) is 11.4. The quantitative estimate of drug-likeness (QED) is 0.168. The molecule has 0 bridgehead atoms. The van der Waals surface area contributed by atoms with Crippen LogP contribution < -0.4 is 4.90 Å². The van der Waals surface area contributed by atoms with Gasteiger partial charge in [0.05, 0.1) is 0 Å². The Hall–Kier alpha value is -6.70. The van der Waals surface area contributed by atoms with E-state index in [1.54, 1.807) is 0 Å². The lowest BCUT2D eigenvalue weighted by Crippen LogP contribution is -2.25. The first-order valence-corrected chi connectivity index (χ1v) is 18.8. The van der Waals surface area contributed by atoms with Gasteiger partial charge in [0.2, 0.25) is 0 Å². The van der Waals surface area contributed by atoms with Crippen molar-refractivity contribution < 1.29 is 0 Å². The molecule has 0 fully saturated rings. The third-order valence-corrected chi connectivity index (χ3v) is 11.4. The lowest BCUT2D eigenvalue weighted by Gasteiger charge is -2.38. The van der Waals surface area contributed by atoms with Gasteiger partial charge in [-0.3, -0.25) is 0 Å². The molecule has 1 heteroatoms. The van der Waals surface area contributed by atoms with E-state index < -0.39 is 0 Å². The summed E-state index contributed by atoms with van der Waals surface area (Å²) in [5.41, 5.74) is 16.0. The van der Waals surface area contributed by atoms with E-state index in [9.17, 15) is 0 Å². The van der Waals surface area contributed by atoms with Crippen LogP contribution in [0, 0.1) is 0 Å². The lowest BCUT2D eigenvalue weighted by molar-refractivity contribution is 0.647. The maximum Gasteiger partial charge on any atom is 0.0468 e. The van der Waals surface area contributed by atoms with E-state index >= 15 is 0 Å². The van der Waals surface area contributed by atoms with E-state index in [2.05, 4.69) is 219 Å². The van der Waals surface area contributed by atoms with Crippen molar-refractivity contribution >= 4 is 38.6 Å². The molecule has 9 aromatic carbocycles. The molecule has 0 amide bonds. The van der Waals surface area contributed by atoms with Gasteiger partial charge in [-0.1, -0.05) is 178 Å². The maximum absolute atomic E-state index is 2.40. The van der Waals surface area contributed by atoms with Crippen LogP contribution in [0.3, 0.4) is 0 Å². The van der Waals surface area contributed by atoms with Crippen LogP contribution in [0.1, 0.15) is 25.0 Å². The molecule has 0 N–H and O–H groups in total. The highest BCUT2D eigenvalue weighted by atomic mass is 15.1. The van der Waals surface area contributed by atoms with Gasteiger partial charge in [0, 0.05) is 22.5 Å². The van der Waals surface area contributed by atoms with Crippen molar-refractivity contribution in [2.45, 2.75) is 19.3 Å². The predicted octanol–water partition coefficient (Wildman–Crippen LogP) is 14.8. The second-order valence-electron chi connectivity index (χ2n) is 14.9. The molecule has 0 heterocycles. The van der Waals surface area contributed by atoms with E-state index in [4.69, 9.17) is 0 Å². The van der Waals surface area contributed by atoms with Gasteiger partial charge in [-0.05, 0) is 114 Å². The van der Waals surface area contributed by atoms with Crippen LogP contribution in [-0.4, -0.2) is 0 Å². The van der Waals surface area contributed by atoms with Crippen molar-refractivity contribution in [3.63, 3.8) is 0 Å². The summed E-state index contributed by atoms with van der Waals surface area (Å²) in [6, 6.07) is 73.3. The summed E-state index contributed by atoms with van der Waals surface area (Å²) in [7, 11) is 0. The molecule has 0 aromatic heterocycles. The summed E-state index contributed by atoms with van der Waals surface area (Å²) in [6.45, 7) is 4.80. The Kier molecular flexibility index (Phi) is 7.56. The molecular formula is C53H39N. The average Bonchev–Trinajstić information content (AvgIpc) is 3.23. The fourth-order valence-corrected chi connectivity index (χ4v) is 8.83. The molecule has 0 aliphatic heterocycles. The van der Waals surface area contributed by atoms with E-state index in [-0.39, 0.29) is 5.41 Å².